The number of rotatable bonds is 8. The van der Waals surface area contributed by atoms with Gasteiger partial charge in [0.2, 0.25) is 0 Å². The number of hydrogen-bond donors (Lipinski definition) is 2. The molecule has 0 aliphatic heterocycles. The number of carbonyl (C=O) groups excluding carboxylic acids is 2. The number of carbonyl (C=O) groups is 2. The normalized spacial score (nSPS) is 10.4. The molecule has 0 fully saturated rings. The van der Waals surface area contributed by atoms with Crippen LogP contribution in [0.25, 0.3) is 0 Å². The molecule has 0 radical (unpaired) electrons. The molecular formula is C26H28N2O3. The molecule has 160 valence electrons. The minimum atomic E-state index is -0.286. The first kappa shape index (κ1) is 22.1. The molecule has 0 spiro atoms. The first-order valence-electron chi connectivity index (χ1n) is 10.5. The maximum Gasteiger partial charge on any atom is 0.257 e. The van der Waals surface area contributed by atoms with Crippen LogP contribution in [-0.2, 0) is 0 Å². The molecular weight excluding hydrogens is 388 g/mol. The van der Waals surface area contributed by atoms with E-state index in [0.29, 0.717) is 29.1 Å². The fraction of sp³-hybridized carbons (Fsp3) is 0.231. The quantitative estimate of drug-likeness (QED) is 0.443. The number of aryl methyl sites for hydroxylation is 2. The molecule has 31 heavy (non-hydrogen) atoms. The summed E-state index contributed by atoms with van der Waals surface area (Å²) < 4.78 is 5.64. The van der Waals surface area contributed by atoms with Gasteiger partial charge in [0.05, 0.1) is 17.9 Å². The molecule has 0 aliphatic rings. The van der Waals surface area contributed by atoms with Gasteiger partial charge in [-0.25, -0.2) is 0 Å². The fourth-order valence-electron chi connectivity index (χ4n) is 3.04. The molecule has 0 saturated carbocycles. The van der Waals surface area contributed by atoms with Crippen molar-refractivity contribution < 1.29 is 14.3 Å². The topological polar surface area (TPSA) is 67.4 Å². The molecule has 0 bridgehead atoms. The average Bonchev–Trinajstić information content (AvgIpc) is 2.77. The standard InChI is InChI=1S/C26H28N2O3/c1-4-5-16-31-22-14-11-20(12-15-22)25(29)28-24-9-7-6-8-23(24)26(30)27-21-13-10-18(2)19(3)17-21/h6-15,17H,4-5,16H2,1-3H3,(H,27,30)(H,28,29). The maximum atomic E-state index is 12.8. The highest BCUT2D eigenvalue weighted by molar-refractivity contribution is 6.12. The lowest BCUT2D eigenvalue weighted by Gasteiger charge is -2.13. The third kappa shape index (κ3) is 5.95. The lowest BCUT2D eigenvalue weighted by Crippen LogP contribution is -2.18. The molecule has 3 aromatic carbocycles. The van der Waals surface area contributed by atoms with E-state index in [1.54, 1.807) is 48.5 Å². The van der Waals surface area contributed by atoms with Gasteiger partial charge in [-0.3, -0.25) is 9.59 Å². The van der Waals surface area contributed by atoms with Gasteiger partial charge >= 0.3 is 0 Å². The molecule has 2 N–H and O–H groups in total. The Hall–Kier alpha value is -3.60. The van der Waals surface area contributed by atoms with Crippen LogP contribution < -0.4 is 15.4 Å². The van der Waals surface area contributed by atoms with Gasteiger partial charge in [-0.1, -0.05) is 31.5 Å². The molecule has 0 saturated heterocycles. The summed E-state index contributed by atoms with van der Waals surface area (Å²) >= 11 is 0. The summed E-state index contributed by atoms with van der Waals surface area (Å²) in [5.74, 6) is 0.170. The van der Waals surface area contributed by atoms with Crippen molar-refractivity contribution in [3.8, 4) is 5.75 Å². The van der Waals surface area contributed by atoms with Crippen molar-refractivity contribution >= 4 is 23.2 Å². The van der Waals surface area contributed by atoms with E-state index in [4.69, 9.17) is 4.74 Å². The number of amides is 2. The Balaban J connectivity index is 1.70. The predicted octanol–water partition coefficient (Wildman–Crippen LogP) is 5.99. The van der Waals surface area contributed by atoms with Crippen molar-refractivity contribution in [2.45, 2.75) is 33.6 Å². The molecule has 0 heterocycles. The van der Waals surface area contributed by atoms with E-state index in [2.05, 4.69) is 17.6 Å². The van der Waals surface area contributed by atoms with Gasteiger partial charge in [-0.2, -0.15) is 0 Å². The van der Waals surface area contributed by atoms with Gasteiger partial charge < -0.3 is 15.4 Å². The van der Waals surface area contributed by atoms with E-state index in [0.717, 1.165) is 29.7 Å². The number of benzene rings is 3. The Morgan fingerprint density at radius 1 is 0.839 bits per heavy atom. The van der Waals surface area contributed by atoms with E-state index < -0.39 is 0 Å². The van der Waals surface area contributed by atoms with Crippen molar-refractivity contribution in [1.29, 1.82) is 0 Å². The molecule has 3 rings (SSSR count). The summed E-state index contributed by atoms with van der Waals surface area (Å²) in [5.41, 5.74) is 4.32. The number of nitrogens with one attached hydrogen (secondary N) is 2. The van der Waals surface area contributed by atoms with E-state index in [9.17, 15) is 9.59 Å². The van der Waals surface area contributed by atoms with Crippen molar-refractivity contribution in [3.05, 3.63) is 89.0 Å². The fourth-order valence-corrected chi connectivity index (χ4v) is 3.04. The smallest absolute Gasteiger partial charge is 0.257 e. The van der Waals surface area contributed by atoms with Gasteiger partial charge in [0, 0.05) is 11.3 Å². The third-order valence-electron chi connectivity index (χ3n) is 5.07. The van der Waals surface area contributed by atoms with Crippen LogP contribution in [0, 0.1) is 13.8 Å². The summed E-state index contributed by atoms with van der Waals surface area (Å²) in [7, 11) is 0. The minimum Gasteiger partial charge on any atom is -0.494 e. The zero-order chi connectivity index (χ0) is 22.2. The molecule has 0 atom stereocenters. The summed E-state index contributed by atoms with van der Waals surface area (Å²) in [6.45, 7) is 6.79. The molecule has 5 nitrogen and oxygen atoms in total. The van der Waals surface area contributed by atoms with Crippen LogP contribution in [0.2, 0.25) is 0 Å². The molecule has 0 aromatic heterocycles. The highest BCUT2D eigenvalue weighted by atomic mass is 16.5. The molecule has 2 amide bonds. The largest absolute Gasteiger partial charge is 0.494 e. The van der Waals surface area contributed by atoms with Gasteiger partial charge in [0.25, 0.3) is 11.8 Å². The van der Waals surface area contributed by atoms with E-state index >= 15 is 0 Å². The van der Waals surface area contributed by atoms with Crippen LogP contribution in [0.5, 0.6) is 5.75 Å². The summed E-state index contributed by atoms with van der Waals surface area (Å²) in [4.78, 5) is 25.6. The Morgan fingerprint density at radius 2 is 1.58 bits per heavy atom. The zero-order valence-electron chi connectivity index (χ0n) is 18.2. The summed E-state index contributed by atoms with van der Waals surface area (Å²) in [6.07, 6.45) is 2.06. The maximum absolute atomic E-state index is 12.8. The van der Waals surface area contributed by atoms with Gasteiger partial charge in [0.1, 0.15) is 5.75 Å². The van der Waals surface area contributed by atoms with Gasteiger partial charge in [0.15, 0.2) is 0 Å². The van der Waals surface area contributed by atoms with Crippen LogP contribution in [-0.4, -0.2) is 18.4 Å². The minimum absolute atomic E-state index is 0.279. The van der Waals surface area contributed by atoms with Crippen LogP contribution in [0.15, 0.2) is 66.7 Å². The van der Waals surface area contributed by atoms with E-state index in [1.165, 1.54) is 0 Å². The van der Waals surface area contributed by atoms with Crippen molar-refractivity contribution in [2.75, 3.05) is 17.2 Å². The Morgan fingerprint density at radius 3 is 2.29 bits per heavy atom. The van der Waals surface area contributed by atoms with E-state index in [-0.39, 0.29) is 11.8 Å². The highest BCUT2D eigenvalue weighted by Gasteiger charge is 2.15. The van der Waals surface area contributed by atoms with Gasteiger partial charge in [-0.15, -0.1) is 0 Å². The van der Waals surface area contributed by atoms with E-state index in [1.807, 2.05) is 32.0 Å². The van der Waals surface area contributed by atoms with Crippen LogP contribution in [0.1, 0.15) is 51.6 Å². The Kier molecular flexibility index (Phi) is 7.44. The summed E-state index contributed by atoms with van der Waals surface area (Å²) in [5, 5.41) is 5.75. The highest BCUT2D eigenvalue weighted by Crippen LogP contribution is 2.21. The van der Waals surface area contributed by atoms with Crippen LogP contribution >= 0.6 is 0 Å². The lowest BCUT2D eigenvalue weighted by atomic mass is 10.1. The zero-order valence-corrected chi connectivity index (χ0v) is 18.2. The van der Waals surface area contributed by atoms with Crippen molar-refractivity contribution in [2.24, 2.45) is 0 Å². The first-order chi connectivity index (χ1) is 15.0. The molecule has 3 aromatic rings. The Bertz CT molecular complexity index is 1060. The number of anilines is 2. The van der Waals surface area contributed by atoms with Gasteiger partial charge in [-0.05, 0) is 79.9 Å². The second-order valence-electron chi connectivity index (χ2n) is 7.48. The Labute approximate surface area is 183 Å². The molecule has 5 heteroatoms. The number of para-hydroxylation sites is 1. The second kappa shape index (κ2) is 10.4. The SMILES string of the molecule is CCCCOc1ccc(C(=O)Nc2ccccc2C(=O)Nc2ccc(C)c(C)c2)cc1. The predicted molar refractivity (Wildman–Crippen MR) is 125 cm³/mol. The second-order valence-corrected chi connectivity index (χ2v) is 7.48. The van der Waals surface area contributed by atoms with Crippen LogP contribution in [0.3, 0.4) is 0 Å². The first-order valence-corrected chi connectivity index (χ1v) is 10.5. The lowest BCUT2D eigenvalue weighted by molar-refractivity contribution is 0.102. The average molecular weight is 417 g/mol. The molecule has 0 unspecified atom stereocenters. The summed E-state index contributed by atoms with van der Waals surface area (Å²) in [6, 6.07) is 19.7. The molecule has 0 aliphatic carbocycles. The number of hydrogen-bond acceptors (Lipinski definition) is 3. The van der Waals surface area contributed by atoms with Crippen molar-refractivity contribution in [1.82, 2.24) is 0 Å². The number of ether oxygens (including phenoxy) is 1. The van der Waals surface area contributed by atoms with Crippen LogP contribution in [0.4, 0.5) is 11.4 Å². The number of unbranched alkanes of at least 4 members (excludes halogenated alkanes) is 1. The third-order valence-corrected chi connectivity index (χ3v) is 5.07. The van der Waals surface area contributed by atoms with Crippen molar-refractivity contribution in [3.63, 3.8) is 0 Å². The monoisotopic (exact) mass is 416 g/mol.